The van der Waals surface area contributed by atoms with Crippen LogP contribution in [-0.4, -0.2) is 28.7 Å². The molecule has 3 nitrogen and oxygen atoms in total. The minimum absolute atomic E-state index is 0.0104. The Balaban J connectivity index is 2.34. The van der Waals surface area contributed by atoms with E-state index in [1.54, 1.807) is 0 Å². The van der Waals surface area contributed by atoms with Gasteiger partial charge in [0, 0.05) is 6.42 Å². The summed E-state index contributed by atoms with van der Waals surface area (Å²) in [4.78, 5) is 0. The Hall–Kier alpha value is -0.120. The molecule has 0 saturated carbocycles. The number of rotatable bonds is 0. The molecule has 9 heavy (non-hydrogen) atoms. The first-order valence-electron chi connectivity index (χ1n) is 3.20. The van der Waals surface area contributed by atoms with Crippen LogP contribution < -0.4 is 0 Å². The maximum Gasteiger partial charge on any atom is 0.157 e. The van der Waals surface area contributed by atoms with Crippen LogP contribution in [0.5, 0.6) is 0 Å². The van der Waals surface area contributed by atoms with Gasteiger partial charge >= 0.3 is 0 Å². The van der Waals surface area contributed by atoms with E-state index in [9.17, 15) is 0 Å². The van der Waals surface area contributed by atoms with Crippen LogP contribution in [0.2, 0.25) is 0 Å². The van der Waals surface area contributed by atoms with Crippen LogP contribution >= 0.6 is 0 Å². The lowest BCUT2D eigenvalue weighted by molar-refractivity contribution is -0.183. The van der Waals surface area contributed by atoms with Crippen molar-refractivity contribution in [2.24, 2.45) is 0 Å². The first-order valence-corrected chi connectivity index (χ1v) is 3.20. The number of aliphatic hydroxyl groups is 2. The summed E-state index contributed by atoms with van der Waals surface area (Å²) in [5, 5.41) is 17.9. The summed E-state index contributed by atoms with van der Waals surface area (Å²) in [5.74, 6) is 0. The molecular formula is C6H12O3. The molecule has 0 aromatic rings. The van der Waals surface area contributed by atoms with Crippen LogP contribution in [0.3, 0.4) is 0 Å². The molecule has 0 radical (unpaired) electrons. The molecule has 54 valence electrons. The van der Waals surface area contributed by atoms with Crippen LogP contribution in [0.1, 0.15) is 19.8 Å². The van der Waals surface area contributed by atoms with Crippen molar-refractivity contribution in [3.63, 3.8) is 0 Å². The predicted molar refractivity (Wildman–Crippen MR) is 31.8 cm³/mol. The highest BCUT2D eigenvalue weighted by molar-refractivity contribution is 4.68. The molecule has 3 atom stereocenters. The molecule has 2 N–H and O–H groups in total. The van der Waals surface area contributed by atoms with Crippen molar-refractivity contribution < 1.29 is 14.9 Å². The van der Waals surface area contributed by atoms with Gasteiger partial charge in [-0.05, 0) is 13.3 Å². The van der Waals surface area contributed by atoms with Gasteiger partial charge in [0.05, 0.1) is 12.2 Å². The molecular weight excluding hydrogens is 120 g/mol. The quantitative estimate of drug-likeness (QED) is 0.482. The van der Waals surface area contributed by atoms with Crippen molar-refractivity contribution in [1.82, 2.24) is 0 Å². The van der Waals surface area contributed by atoms with Crippen LogP contribution in [-0.2, 0) is 4.74 Å². The van der Waals surface area contributed by atoms with Gasteiger partial charge in [-0.2, -0.15) is 0 Å². The van der Waals surface area contributed by atoms with Gasteiger partial charge in [0.15, 0.2) is 6.29 Å². The Morgan fingerprint density at radius 3 is 2.44 bits per heavy atom. The predicted octanol–water partition coefficient (Wildman–Crippen LogP) is -0.135. The first kappa shape index (κ1) is 6.99. The molecule has 0 unspecified atom stereocenters. The SMILES string of the molecule is C[C@H]1C[C@H](O)C[C@@H](O)O1. The highest BCUT2D eigenvalue weighted by atomic mass is 16.6. The van der Waals surface area contributed by atoms with Crippen molar-refractivity contribution in [2.45, 2.75) is 38.3 Å². The van der Waals surface area contributed by atoms with Gasteiger partial charge in [0.1, 0.15) is 0 Å². The molecule has 0 bridgehead atoms. The molecule has 1 aliphatic rings. The van der Waals surface area contributed by atoms with E-state index in [2.05, 4.69) is 0 Å². The van der Waals surface area contributed by atoms with Gasteiger partial charge in [-0.1, -0.05) is 0 Å². The first-order chi connectivity index (χ1) is 4.18. The number of hydrogen-bond acceptors (Lipinski definition) is 3. The normalized spacial score (nSPS) is 45.0. The third kappa shape index (κ3) is 1.93. The summed E-state index contributed by atoms with van der Waals surface area (Å²) in [6, 6.07) is 0. The van der Waals surface area contributed by atoms with Crippen LogP contribution in [0.15, 0.2) is 0 Å². The highest BCUT2D eigenvalue weighted by Gasteiger charge is 2.23. The Morgan fingerprint density at radius 1 is 1.33 bits per heavy atom. The van der Waals surface area contributed by atoms with E-state index < -0.39 is 6.29 Å². The van der Waals surface area contributed by atoms with Crippen molar-refractivity contribution in [3.8, 4) is 0 Å². The Labute approximate surface area is 54.3 Å². The third-order valence-electron chi connectivity index (χ3n) is 1.47. The molecule has 0 spiro atoms. The van der Waals surface area contributed by atoms with E-state index >= 15 is 0 Å². The smallest absolute Gasteiger partial charge is 0.157 e. The van der Waals surface area contributed by atoms with Crippen molar-refractivity contribution in [3.05, 3.63) is 0 Å². The van der Waals surface area contributed by atoms with E-state index in [1.165, 1.54) is 0 Å². The van der Waals surface area contributed by atoms with E-state index in [4.69, 9.17) is 14.9 Å². The molecule has 1 heterocycles. The maximum atomic E-state index is 9.01. The summed E-state index contributed by atoms with van der Waals surface area (Å²) < 4.78 is 4.95. The molecule has 0 aromatic heterocycles. The summed E-state index contributed by atoms with van der Waals surface area (Å²) in [7, 11) is 0. The average molecular weight is 132 g/mol. The molecule has 1 fully saturated rings. The molecule has 0 amide bonds. The zero-order valence-electron chi connectivity index (χ0n) is 5.45. The van der Waals surface area contributed by atoms with E-state index in [-0.39, 0.29) is 12.2 Å². The highest BCUT2D eigenvalue weighted by Crippen LogP contribution is 2.16. The van der Waals surface area contributed by atoms with Crippen molar-refractivity contribution >= 4 is 0 Å². The van der Waals surface area contributed by atoms with E-state index in [0.717, 1.165) is 0 Å². The average Bonchev–Trinajstić information content (AvgIpc) is 1.59. The Morgan fingerprint density at radius 2 is 2.00 bits per heavy atom. The summed E-state index contributed by atoms with van der Waals surface area (Å²) in [6.45, 7) is 1.84. The fourth-order valence-electron chi connectivity index (χ4n) is 1.09. The van der Waals surface area contributed by atoms with Gasteiger partial charge < -0.3 is 14.9 Å². The number of ether oxygens (including phenoxy) is 1. The second-order valence-corrected chi connectivity index (χ2v) is 2.53. The minimum atomic E-state index is -0.760. The minimum Gasteiger partial charge on any atom is -0.393 e. The summed E-state index contributed by atoms with van der Waals surface area (Å²) in [6.07, 6.45) is -0.169. The lowest BCUT2D eigenvalue weighted by Crippen LogP contribution is -2.33. The zero-order chi connectivity index (χ0) is 6.85. The number of aliphatic hydroxyl groups excluding tert-OH is 2. The van der Waals surface area contributed by atoms with Crippen LogP contribution in [0.4, 0.5) is 0 Å². The van der Waals surface area contributed by atoms with Gasteiger partial charge in [-0.25, -0.2) is 0 Å². The summed E-state index contributed by atoms with van der Waals surface area (Å²) >= 11 is 0. The van der Waals surface area contributed by atoms with Crippen molar-refractivity contribution in [2.75, 3.05) is 0 Å². The van der Waals surface area contributed by atoms with Gasteiger partial charge in [-0.3, -0.25) is 0 Å². The van der Waals surface area contributed by atoms with Crippen LogP contribution in [0.25, 0.3) is 0 Å². The zero-order valence-corrected chi connectivity index (χ0v) is 5.45. The second-order valence-electron chi connectivity index (χ2n) is 2.53. The second kappa shape index (κ2) is 2.64. The Kier molecular flexibility index (Phi) is 2.05. The maximum absolute atomic E-state index is 9.01. The van der Waals surface area contributed by atoms with Gasteiger partial charge in [0.2, 0.25) is 0 Å². The standard InChI is InChI=1S/C6H12O3/c1-4-2-5(7)3-6(8)9-4/h4-8H,2-3H2,1H3/t4-,5-,6-/m0/s1. The van der Waals surface area contributed by atoms with Gasteiger partial charge in [-0.15, -0.1) is 0 Å². The molecule has 0 aromatic carbocycles. The van der Waals surface area contributed by atoms with Crippen LogP contribution in [0, 0.1) is 0 Å². The summed E-state index contributed by atoms with van der Waals surface area (Å²) in [5.41, 5.74) is 0. The fourth-order valence-corrected chi connectivity index (χ4v) is 1.09. The molecule has 1 aliphatic heterocycles. The monoisotopic (exact) mass is 132 g/mol. The van der Waals surface area contributed by atoms with E-state index in [0.29, 0.717) is 12.8 Å². The molecule has 1 rings (SSSR count). The number of hydrogen-bond donors (Lipinski definition) is 2. The molecule has 3 heteroatoms. The lowest BCUT2D eigenvalue weighted by Gasteiger charge is -2.27. The van der Waals surface area contributed by atoms with Gasteiger partial charge in [0.25, 0.3) is 0 Å². The molecule has 0 aliphatic carbocycles. The largest absolute Gasteiger partial charge is 0.393 e. The third-order valence-corrected chi connectivity index (χ3v) is 1.47. The molecule has 1 saturated heterocycles. The lowest BCUT2D eigenvalue weighted by atomic mass is 10.1. The van der Waals surface area contributed by atoms with E-state index in [1.807, 2.05) is 6.92 Å². The van der Waals surface area contributed by atoms with Crippen molar-refractivity contribution in [1.29, 1.82) is 0 Å². The topological polar surface area (TPSA) is 49.7 Å². The Bertz CT molecular complexity index is 69.3. The fraction of sp³-hybridized carbons (Fsp3) is 1.00.